The Kier molecular flexibility index (Phi) is 7.69. The highest BCUT2D eigenvalue weighted by atomic mass is 32.1. The lowest BCUT2D eigenvalue weighted by Gasteiger charge is -2.07. The zero-order valence-electron chi connectivity index (χ0n) is 16.6. The Morgan fingerprint density at radius 2 is 1.93 bits per heavy atom. The van der Waals surface area contributed by atoms with Crippen LogP contribution in [-0.2, 0) is 27.4 Å². The molecule has 0 unspecified atom stereocenters. The van der Waals surface area contributed by atoms with Crippen molar-refractivity contribution in [3.63, 3.8) is 0 Å². The van der Waals surface area contributed by atoms with E-state index in [4.69, 9.17) is 9.47 Å². The highest BCUT2D eigenvalue weighted by Crippen LogP contribution is 2.22. The van der Waals surface area contributed by atoms with Crippen LogP contribution in [0.5, 0.6) is 5.75 Å². The summed E-state index contributed by atoms with van der Waals surface area (Å²) in [4.78, 5) is 32.4. The highest BCUT2D eigenvalue weighted by molar-refractivity contribution is 7.14. The summed E-state index contributed by atoms with van der Waals surface area (Å²) in [5.41, 5.74) is 2.21. The maximum Gasteiger partial charge on any atom is 0.311 e. The number of aromatic nitrogens is 2. The van der Waals surface area contributed by atoms with Crippen LogP contribution in [0.4, 0.5) is 5.13 Å². The Hall–Kier alpha value is -3.04. The molecule has 9 heteroatoms. The number of ether oxygens (including phenoxy) is 2. The van der Waals surface area contributed by atoms with Crippen LogP contribution in [0.3, 0.4) is 0 Å². The summed E-state index contributed by atoms with van der Waals surface area (Å²) in [6, 6.07) is 7.46. The molecule has 30 heavy (non-hydrogen) atoms. The highest BCUT2D eigenvalue weighted by Gasteiger charge is 2.10. The van der Waals surface area contributed by atoms with Gasteiger partial charge in [-0.2, -0.15) is 0 Å². The quantitative estimate of drug-likeness (QED) is 0.393. The van der Waals surface area contributed by atoms with Crippen LogP contribution in [0.2, 0.25) is 0 Å². The Morgan fingerprint density at radius 1 is 1.13 bits per heavy atom. The van der Waals surface area contributed by atoms with E-state index in [0.29, 0.717) is 29.8 Å². The van der Waals surface area contributed by atoms with Crippen LogP contribution < -0.4 is 10.1 Å². The van der Waals surface area contributed by atoms with Gasteiger partial charge in [0.1, 0.15) is 12.4 Å². The van der Waals surface area contributed by atoms with E-state index >= 15 is 0 Å². The molecule has 0 fully saturated rings. The monoisotopic (exact) mass is 443 g/mol. The number of para-hydroxylation sites is 1. The minimum Gasteiger partial charge on any atom is -0.487 e. The Labute approximate surface area is 182 Å². The van der Waals surface area contributed by atoms with E-state index in [1.807, 2.05) is 36.6 Å². The molecule has 3 rings (SSSR count). The van der Waals surface area contributed by atoms with E-state index in [1.54, 1.807) is 29.7 Å². The summed E-state index contributed by atoms with van der Waals surface area (Å²) in [5.74, 6) is 0.000120. The smallest absolute Gasteiger partial charge is 0.311 e. The molecule has 0 atom stereocenters. The van der Waals surface area contributed by atoms with Crippen molar-refractivity contribution < 1.29 is 19.1 Å². The number of thiazole rings is 2. The minimum absolute atomic E-state index is 0.0826. The number of nitrogens with one attached hydrogen (secondary N) is 1. The average molecular weight is 444 g/mol. The van der Waals surface area contributed by atoms with Crippen molar-refractivity contribution in [2.24, 2.45) is 0 Å². The number of esters is 1. The first-order valence-electron chi connectivity index (χ1n) is 9.25. The zero-order chi connectivity index (χ0) is 21.3. The van der Waals surface area contributed by atoms with E-state index < -0.39 is 0 Å². The van der Waals surface area contributed by atoms with Crippen LogP contribution in [0.1, 0.15) is 28.9 Å². The Balaban J connectivity index is 1.57. The molecule has 1 amide bonds. The van der Waals surface area contributed by atoms with Crippen molar-refractivity contribution >= 4 is 45.8 Å². The van der Waals surface area contributed by atoms with Crippen LogP contribution >= 0.6 is 22.7 Å². The summed E-state index contributed by atoms with van der Waals surface area (Å²) in [6.45, 7) is 4.39. The molecule has 7 nitrogen and oxygen atoms in total. The van der Waals surface area contributed by atoms with Gasteiger partial charge in [0.05, 0.1) is 29.4 Å². The van der Waals surface area contributed by atoms with Gasteiger partial charge in [0.2, 0.25) is 5.91 Å². The third kappa shape index (κ3) is 6.50. The lowest BCUT2D eigenvalue weighted by atomic mass is 10.2. The molecule has 0 saturated carbocycles. The number of carbonyl (C=O) groups excluding carboxylic acids is 2. The maximum absolute atomic E-state index is 12.2. The molecule has 1 aromatic carbocycles. The zero-order valence-corrected chi connectivity index (χ0v) is 18.2. The lowest BCUT2D eigenvalue weighted by molar-refractivity contribution is -0.142. The summed E-state index contributed by atoms with van der Waals surface area (Å²) >= 11 is 2.83. The van der Waals surface area contributed by atoms with Gasteiger partial charge < -0.3 is 9.47 Å². The van der Waals surface area contributed by atoms with Crippen molar-refractivity contribution in [2.45, 2.75) is 26.9 Å². The fraction of sp³-hybridized carbons (Fsp3) is 0.238. The molecule has 0 aliphatic heterocycles. The third-order valence-corrected chi connectivity index (χ3v) is 5.42. The van der Waals surface area contributed by atoms with E-state index in [2.05, 4.69) is 15.3 Å². The molecular weight excluding hydrogens is 422 g/mol. The lowest BCUT2D eigenvalue weighted by Crippen LogP contribution is -2.09. The van der Waals surface area contributed by atoms with E-state index in [1.165, 1.54) is 17.4 Å². The predicted molar refractivity (Wildman–Crippen MR) is 118 cm³/mol. The molecule has 1 N–H and O–H groups in total. The number of hydrogen-bond donors (Lipinski definition) is 1. The van der Waals surface area contributed by atoms with E-state index in [0.717, 1.165) is 16.3 Å². The van der Waals surface area contributed by atoms with Crippen molar-refractivity contribution in [3.05, 3.63) is 63.1 Å². The fourth-order valence-electron chi connectivity index (χ4n) is 2.49. The minimum atomic E-state index is -0.343. The number of rotatable bonds is 9. The largest absolute Gasteiger partial charge is 0.487 e. The van der Waals surface area contributed by atoms with Crippen molar-refractivity contribution in [2.75, 3.05) is 11.9 Å². The number of anilines is 1. The first kappa shape index (κ1) is 21.7. The van der Waals surface area contributed by atoms with Gasteiger partial charge in [-0.25, -0.2) is 9.97 Å². The third-order valence-electron chi connectivity index (χ3n) is 3.79. The molecule has 0 saturated heterocycles. The molecule has 156 valence electrons. The molecule has 0 aliphatic carbocycles. The molecule has 0 spiro atoms. The summed E-state index contributed by atoms with van der Waals surface area (Å²) in [6.07, 6.45) is 3.19. The van der Waals surface area contributed by atoms with Gasteiger partial charge in [0, 0.05) is 22.4 Å². The molecule has 3 aromatic rings. The Morgan fingerprint density at radius 3 is 2.70 bits per heavy atom. The van der Waals surface area contributed by atoms with Crippen LogP contribution in [-0.4, -0.2) is 28.5 Å². The second kappa shape index (κ2) is 10.7. The average Bonchev–Trinajstić information content (AvgIpc) is 3.34. The van der Waals surface area contributed by atoms with E-state index in [9.17, 15) is 9.59 Å². The number of benzene rings is 1. The summed E-state index contributed by atoms with van der Waals surface area (Å²) < 4.78 is 10.8. The fourth-order valence-corrected chi connectivity index (χ4v) is 3.80. The van der Waals surface area contributed by atoms with Crippen LogP contribution in [0.25, 0.3) is 6.08 Å². The molecule has 0 bridgehead atoms. The second-order valence-electron chi connectivity index (χ2n) is 6.13. The van der Waals surface area contributed by atoms with Gasteiger partial charge in [-0.1, -0.05) is 18.2 Å². The first-order valence-corrected chi connectivity index (χ1v) is 11.0. The van der Waals surface area contributed by atoms with Gasteiger partial charge in [0.15, 0.2) is 5.13 Å². The van der Waals surface area contributed by atoms with Crippen LogP contribution in [0, 0.1) is 6.92 Å². The number of amides is 1. The summed E-state index contributed by atoms with van der Waals surface area (Å²) in [5, 5.41) is 7.80. The molecule has 2 aromatic heterocycles. The second-order valence-corrected chi connectivity index (χ2v) is 8.05. The topological polar surface area (TPSA) is 90.4 Å². The van der Waals surface area contributed by atoms with Gasteiger partial charge in [-0.3, -0.25) is 14.9 Å². The van der Waals surface area contributed by atoms with E-state index in [-0.39, 0.29) is 18.3 Å². The molecule has 0 radical (unpaired) electrons. The SMILES string of the molecule is CCOC(=O)Cc1csc(NC(=O)C=Cc2ccccc2OCc2csc(C)n2)n1. The number of aryl methyl sites for hydroxylation is 1. The molecule has 2 heterocycles. The standard InChI is InChI=1S/C21H21N3O4S2/c1-3-27-20(26)10-16-12-30-21(23-16)24-19(25)9-8-15-6-4-5-7-18(15)28-11-17-13-29-14(2)22-17/h4-9,12-13H,3,10-11H2,1-2H3,(H,23,24,25). The van der Waals surface area contributed by atoms with Gasteiger partial charge in [-0.15, -0.1) is 22.7 Å². The normalized spacial score (nSPS) is 10.9. The Bertz CT molecular complexity index is 1040. The maximum atomic E-state index is 12.2. The number of hydrogen-bond acceptors (Lipinski definition) is 8. The number of nitrogens with zero attached hydrogens (tertiary/aromatic N) is 2. The van der Waals surface area contributed by atoms with Crippen molar-refractivity contribution in [3.8, 4) is 5.75 Å². The van der Waals surface area contributed by atoms with Gasteiger partial charge >= 0.3 is 5.97 Å². The number of carbonyl (C=O) groups is 2. The first-order chi connectivity index (χ1) is 14.5. The van der Waals surface area contributed by atoms with Crippen molar-refractivity contribution in [1.29, 1.82) is 0 Å². The van der Waals surface area contributed by atoms with Crippen LogP contribution in [0.15, 0.2) is 41.1 Å². The summed E-state index contributed by atoms with van der Waals surface area (Å²) in [7, 11) is 0. The molecular formula is C21H21N3O4S2. The van der Waals surface area contributed by atoms with Gasteiger partial charge in [0.25, 0.3) is 0 Å². The van der Waals surface area contributed by atoms with Gasteiger partial charge in [-0.05, 0) is 26.0 Å². The van der Waals surface area contributed by atoms with Crippen molar-refractivity contribution in [1.82, 2.24) is 9.97 Å². The predicted octanol–water partition coefficient (Wildman–Crippen LogP) is 4.24. The molecule has 0 aliphatic rings.